The molecule has 0 spiro atoms. The molecule has 33 heavy (non-hydrogen) atoms. The Morgan fingerprint density at radius 1 is 0.939 bits per heavy atom. The van der Waals surface area contributed by atoms with Gasteiger partial charge in [0.15, 0.2) is 6.08 Å². The fourth-order valence-electron chi connectivity index (χ4n) is 0.885. The van der Waals surface area contributed by atoms with Crippen molar-refractivity contribution < 1.29 is 103 Å². The van der Waals surface area contributed by atoms with E-state index >= 15 is 0 Å². The Hall–Kier alpha value is -1.03. The van der Waals surface area contributed by atoms with Crippen LogP contribution < -0.4 is 0 Å². The minimum absolute atomic E-state index is 3.41. The first kappa shape index (κ1) is 5.60. The summed E-state index contributed by atoms with van der Waals surface area (Å²) in [5, 5.41) is 6.94. The molecule has 3 atom stereocenters. The van der Waals surface area contributed by atoms with Gasteiger partial charge in [-0.2, -0.15) is 0 Å². The minimum Gasteiger partial charge on any atom is -0.462 e. The maximum atomic E-state index is 13.8. The third-order valence-corrected chi connectivity index (χ3v) is 2.48. The van der Waals surface area contributed by atoms with Crippen molar-refractivity contribution in [1.29, 1.82) is 4.29 Å². The standard InChI is InChI=1S/C22H43O10P/c1-3-5-7-9-11-13-21(25)29-17-20(32-22(26)14-12-10-8-6-4-2)18-31-33(27,28)30-16-19(24)15-23/h19-20,23-24H,3-18H2,1-2H3,(H,27,28)/i1D3,2D3,3D2,4D2,5D2,6D2,7D2,8D2,9D2,10D2,11D2,12D2,13D2,14D2,15D2,16D2,17D2,18D2,19D,20D,23D,24D/hD. The van der Waals surface area contributed by atoms with Crippen LogP contribution in [0.15, 0.2) is 0 Å². The van der Waals surface area contributed by atoms with Crippen LogP contribution in [0.25, 0.3) is 0 Å². The van der Waals surface area contributed by atoms with Crippen molar-refractivity contribution in [3.63, 3.8) is 0 Å². The number of phosphoric acid groups is 1. The van der Waals surface area contributed by atoms with E-state index in [-0.39, 0.29) is 0 Å². The summed E-state index contributed by atoms with van der Waals surface area (Å²) in [7, 11) is -7.19. The minimum atomic E-state index is -7.19. The van der Waals surface area contributed by atoms with Crippen molar-refractivity contribution in [2.45, 2.75) is 102 Å². The Bertz CT molecular complexity index is 2160. The summed E-state index contributed by atoms with van der Waals surface area (Å²) >= 11 is 0. The summed E-state index contributed by atoms with van der Waals surface area (Å²) in [6.45, 7) is -29.0. The fraction of sp³-hybridized carbons (Fsp3) is 0.909. The van der Waals surface area contributed by atoms with Crippen molar-refractivity contribution in [3.05, 3.63) is 0 Å². The molecule has 0 fully saturated rings. The van der Waals surface area contributed by atoms with E-state index in [1.54, 1.807) is 0 Å². The van der Waals surface area contributed by atoms with E-state index in [1.165, 1.54) is 0 Å². The highest BCUT2D eigenvalue weighted by Gasteiger charge is 2.27. The molecule has 3 N–H and O–H groups in total. The molecular weight excluding hydrogens is 455 g/mol. The third kappa shape index (κ3) is 20.1. The second-order valence-electron chi connectivity index (χ2n) is 3.98. The van der Waals surface area contributed by atoms with Crippen LogP contribution >= 0.6 is 7.82 Å². The summed E-state index contributed by atoms with van der Waals surface area (Å²) in [4.78, 5) is 30.8. The highest BCUT2D eigenvalue weighted by Crippen LogP contribution is 2.43. The number of carbonyl (C=O) groups is 2. The molecule has 0 radical (unpaired) electrons. The first-order chi connectivity index (χ1) is 32.4. The second-order valence-corrected chi connectivity index (χ2v) is 5.23. The molecule has 10 nitrogen and oxygen atoms in total. The summed E-state index contributed by atoms with van der Waals surface area (Å²) < 4.78 is 366. The van der Waals surface area contributed by atoms with Gasteiger partial charge in [0.25, 0.3) is 0 Å². The van der Waals surface area contributed by atoms with Gasteiger partial charge in [-0.05, 0) is 12.7 Å². The van der Waals surface area contributed by atoms with Crippen LogP contribution in [0.3, 0.4) is 0 Å². The number of rotatable bonds is 25. The van der Waals surface area contributed by atoms with Crippen LogP contribution in [0.4, 0.5) is 0 Å². The molecule has 11 heteroatoms. The number of ether oxygens (including phenoxy) is 2. The van der Waals surface area contributed by atoms with Crippen molar-refractivity contribution >= 4 is 19.8 Å². The third-order valence-electron chi connectivity index (χ3n) is 1.85. The molecule has 0 aliphatic rings. The lowest BCUT2D eigenvalue weighted by Gasteiger charge is -2.20. The predicted octanol–water partition coefficient (Wildman–Crippen LogP) is 3.65. The van der Waals surface area contributed by atoms with Gasteiger partial charge in [-0.3, -0.25) is 18.6 Å². The van der Waals surface area contributed by atoms with Gasteiger partial charge in [0.2, 0.25) is 4.29 Å². The zero-order chi connectivity index (χ0) is 62.6. The fourth-order valence-corrected chi connectivity index (χ4v) is 1.31. The normalized spacial score (nSPS) is 43.7. The first-order valence-electron chi connectivity index (χ1n) is 28.5. The molecule has 0 aromatic heterocycles. The monoisotopic (exact) mass is 542 g/mol. The van der Waals surface area contributed by atoms with Crippen molar-refractivity contribution in [3.8, 4) is 0 Å². The molecule has 0 aromatic rings. The molecule has 0 bridgehead atoms. The van der Waals surface area contributed by atoms with E-state index in [9.17, 15) is 14.2 Å². The van der Waals surface area contributed by atoms with Crippen LogP contribution in [0.1, 0.15) is 145 Å². The van der Waals surface area contributed by atoms with Crippen molar-refractivity contribution in [2.24, 2.45) is 0 Å². The Morgan fingerprint density at radius 3 is 2.18 bits per heavy atom. The van der Waals surface area contributed by atoms with E-state index < -0.39 is 148 Å². The van der Waals surface area contributed by atoms with Crippen molar-refractivity contribution in [2.75, 3.05) is 26.2 Å². The first-order valence-corrected chi connectivity index (χ1v) is 8.73. The van der Waals surface area contributed by atoms with Gasteiger partial charge in [-0.1, -0.05) is 64.7 Å². The SMILES string of the molecule is [2H]OC([2H])([2H])C([2H])(O[2H])C([2H])([2H])OP(=O)(O[2H])OC([2H])([2H])C([2H])(OC(=O)C([2H])([2H])C([2H])([2H])C([2H])([2H])C([2H])([2H])C([2H])([2H])C([2H])([2H])C([2H])([2H])[2H])C([2H])([2H])OC(=O)C([2H])([2H])C([2H])([2H])C([2H])([2H])C([2H])([2H])C([2H])([2H])C([2H])([2H])C([2H])([2H])[2H]. The van der Waals surface area contributed by atoms with Gasteiger partial charge >= 0.3 is 19.8 Å². The average molecular weight is 542 g/mol. The lowest BCUT2D eigenvalue weighted by atomic mass is 10.1. The largest absolute Gasteiger partial charge is 0.472 e. The molecule has 0 aliphatic carbocycles. The van der Waals surface area contributed by atoms with E-state index in [2.05, 4.69) is 33.6 Å². The van der Waals surface area contributed by atoms with Crippen LogP contribution in [-0.2, 0) is 32.7 Å². The molecule has 0 heterocycles. The summed E-state index contributed by atoms with van der Waals surface area (Å²) in [5.74, 6) is -7.17. The maximum absolute atomic E-state index is 13.8. The maximum Gasteiger partial charge on any atom is 0.472 e. The van der Waals surface area contributed by atoms with E-state index in [0.717, 1.165) is 0 Å². The highest BCUT2D eigenvalue weighted by molar-refractivity contribution is 7.47. The van der Waals surface area contributed by atoms with E-state index in [1.807, 2.05) is 0 Å². The Balaban J connectivity index is 8.61. The molecule has 0 saturated carbocycles. The molecule has 196 valence electrons. The lowest BCUT2D eigenvalue weighted by Crippen LogP contribution is -2.29. The zero-order valence-corrected chi connectivity index (χ0v) is 16.4. The molecule has 0 rings (SSSR count). The number of carbonyl (C=O) groups excluding carboxylic acids is 2. The molecule has 0 aliphatic heterocycles. The molecular formula is C22H43O10P. The Labute approximate surface area is 258 Å². The summed E-state index contributed by atoms with van der Waals surface area (Å²) in [5.41, 5.74) is 0. The summed E-state index contributed by atoms with van der Waals surface area (Å²) in [6, 6.07) is 0. The Kier molecular flexibility index (Phi) is 3.46. The van der Waals surface area contributed by atoms with Crippen molar-refractivity contribution in [1.82, 2.24) is 0 Å². The van der Waals surface area contributed by atoms with Crippen LogP contribution in [0, 0.1) is 0 Å². The quantitative estimate of drug-likeness (QED) is 0.115. The Morgan fingerprint density at radius 2 is 1.58 bits per heavy atom. The number of esters is 2. The number of hydrogen-bond acceptors (Lipinski definition) is 10. The topological polar surface area (TPSA) is 149 Å². The highest BCUT2D eigenvalue weighted by atomic mass is 31.2. The van der Waals surface area contributed by atoms with Crippen LogP contribution in [0.5, 0.6) is 0 Å². The van der Waals surface area contributed by atoms with Gasteiger partial charge in [0.05, 0.1) is 33.4 Å². The van der Waals surface area contributed by atoms with Crippen LogP contribution in [-0.4, -0.2) is 69.7 Å². The van der Waals surface area contributed by atoms with Gasteiger partial charge in [-0.25, -0.2) is 4.57 Å². The zero-order valence-electron chi connectivity index (χ0n) is 58.5. The lowest BCUT2D eigenvalue weighted by molar-refractivity contribution is -0.161. The average Bonchev–Trinajstić information content (AvgIpc) is 3.20. The predicted molar refractivity (Wildman–Crippen MR) is 122 cm³/mol. The van der Waals surface area contributed by atoms with Crippen LogP contribution in [0.2, 0.25) is 0 Å². The second kappa shape index (κ2) is 20.4. The van der Waals surface area contributed by atoms with Gasteiger partial charge < -0.3 is 24.6 Å². The molecule has 0 aromatic carbocycles. The number of aliphatic hydroxyl groups is 2. The molecule has 3 unspecified atom stereocenters. The number of phosphoric ester groups is 1. The van der Waals surface area contributed by atoms with E-state index in [0.29, 0.717) is 0 Å². The summed E-state index contributed by atoms with van der Waals surface area (Å²) in [6.07, 6.45) is -71.1. The van der Waals surface area contributed by atoms with Gasteiger partial charge in [-0.15, -0.1) is 0 Å². The van der Waals surface area contributed by atoms with Gasteiger partial charge in [0, 0.05) is 53.9 Å². The number of hydrogen-bond donors (Lipinski definition) is 3. The molecule has 0 saturated heterocycles. The van der Waals surface area contributed by atoms with Gasteiger partial charge in [0.1, 0.15) is 12.6 Å². The van der Waals surface area contributed by atoms with E-state index in [4.69, 9.17) is 59.1 Å². The smallest absolute Gasteiger partial charge is 0.462 e. The molecule has 0 amide bonds.